The lowest BCUT2D eigenvalue weighted by atomic mass is 10.1. The van der Waals surface area contributed by atoms with E-state index in [9.17, 15) is 9.59 Å². The Bertz CT molecular complexity index is 489. The van der Waals surface area contributed by atoms with Crippen molar-refractivity contribution in [2.24, 2.45) is 0 Å². The number of carbonyl (C=O) groups excluding carboxylic acids is 2. The second kappa shape index (κ2) is 5.39. The summed E-state index contributed by atoms with van der Waals surface area (Å²) in [6, 6.07) is 5.28. The molecule has 0 radical (unpaired) electrons. The van der Waals surface area contributed by atoms with Crippen molar-refractivity contribution in [3.8, 4) is 5.75 Å². The van der Waals surface area contributed by atoms with Crippen molar-refractivity contribution < 1.29 is 19.1 Å². The smallest absolute Gasteiger partial charge is 0.310 e. The first-order valence-corrected chi connectivity index (χ1v) is 6.32. The molecule has 1 aromatic carbocycles. The number of benzene rings is 1. The van der Waals surface area contributed by atoms with E-state index in [4.69, 9.17) is 9.47 Å². The average molecular weight is 314 g/mol. The van der Waals surface area contributed by atoms with Crippen LogP contribution in [0.4, 0.5) is 5.69 Å². The maximum atomic E-state index is 11.7. The molecule has 0 fully saturated rings. The molecule has 0 spiro atoms. The van der Waals surface area contributed by atoms with Gasteiger partial charge in [0.1, 0.15) is 5.75 Å². The van der Waals surface area contributed by atoms with Gasteiger partial charge in [0.15, 0.2) is 6.10 Å². The molecule has 1 N–H and O–H groups in total. The van der Waals surface area contributed by atoms with Crippen LogP contribution in [0.2, 0.25) is 0 Å². The fourth-order valence-corrected chi connectivity index (χ4v) is 1.96. The van der Waals surface area contributed by atoms with Gasteiger partial charge in [0.2, 0.25) is 0 Å². The molecule has 1 unspecified atom stereocenters. The third kappa shape index (κ3) is 2.81. The van der Waals surface area contributed by atoms with Gasteiger partial charge in [-0.15, -0.1) is 0 Å². The highest BCUT2D eigenvalue weighted by Crippen LogP contribution is 2.32. The minimum absolute atomic E-state index is 0.0916. The Kier molecular flexibility index (Phi) is 3.86. The van der Waals surface area contributed by atoms with Gasteiger partial charge in [-0.2, -0.15) is 0 Å². The Morgan fingerprint density at radius 1 is 1.56 bits per heavy atom. The molecule has 1 aromatic rings. The Hall–Kier alpha value is -1.56. The zero-order valence-corrected chi connectivity index (χ0v) is 11.3. The van der Waals surface area contributed by atoms with E-state index in [0.29, 0.717) is 11.4 Å². The summed E-state index contributed by atoms with van der Waals surface area (Å²) in [5.41, 5.74) is 0.600. The molecule has 0 aliphatic carbocycles. The minimum atomic E-state index is -0.842. The van der Waals surface area contributed by atoms with Gasteiger partial charge in [0.25, 0.3) is 5.91 Å². The number of ether oxygens (including phenoxy) is 2. The number of amides is 1. The summed E-state index contributed by atoms with van der Waals surface area (Å²) in [4.78, 5) is 23.1. The number of anilines is 1. The molecule has 1 aliphatic rings. The number of hydrogen-bond donors (Lipinski definition) is 1. The predicted molar refractivity (Wildman–Crippen MR) is 68.4 cm³/mol. The first-order valence-electron chi connectivity index (χ1n) is 5.53. The van der Waals surface area contributed by atoms with Crippen LogP contribution in [0.5, 0.6) is 5.75 Å². The molecule has 2 rings (SSSR count). The van der Waals surface area contributed by atoms with Crippen LogP contribution in [-0.4, -0.2) is 24.6 Å². The number of carbonyl (C=O) groups is 2. The Morgan fingerprint density at radius 2 is 2.33 bits per heavy atom. The van der Waals surface area contributed by atoms with E-state index in [0.717, 1.165) is 4.47 Å². The maximum Gasteiger partial charge on any atom is 0.310 e. The Balaban J connectivity index is 2.12. The van der Waals surface area contributed by atoms with Gasteiger partial charge in [-0.25, -0.2) is 0 Å². The largest absolute Gasteiger partial charge is 0.478 e. The van der Waals surface area contributed by atoms with Crippen molar-refractivity contribution in [2.45, 2.75) is 19.4 Å². The standard InChI is InChI=1S/C12H12BrNO4/c1-2-17-11(15)6-10-12(16)14-8-4-3-7(13)5-9(8)18-10/h3-5,10H,2,6H2,1H3,(H,14,16). The maximum absolute atomic E-state index is 11.7. The lowest BCUT2D eigenvalue weighted by Gasteiger charge is -2.25. The summed E-state index contributed by atoms with van der Waals surface area (Å²) in [5, 5.41) is 2.69. The summed E-state index contributed by atoms with van der Waals surface area (Å²) in [7, 11) is 0. The summed E-state index contributed by atoms with van der Waals surface area (Å²) < 4.78 is 11.1. The van der Waals surface area contributed by atoms with Crippen LogP contribution < -0.4 is 10.1 Å². The molecule has 1 atom stereocenters. The fourth-order valence-electron chi connectivity index (χ4n) is 1.62. The number of rotatable bonds is 3. The molecular formula is C12H12BrNO4. The van der Waals surface area contributed by atoms with Crippen LogP contribution in [0.1, 0.15) is 13.3 Å². The second-order valence-electron chi connectivity index (χ2n) is 3.75. The number of hydrogen-bond acceptors (Lipinski definition) is 4. The van der Waals surface area contributed by atoms with Crippen molar-refractivity contribution in [2.75, 3.05) is 11.9 Å². The Morgan fingerprint density at radius 3 is 3.06 bits per heavy atom. The molecule has 5 nitrogen and oxygen atoms in total. The first-order chi connectivity index (χ1) is 8.60. The van der Waals surface area contributed by atoms with Crippen molar-refractivity contribution in [1.82, 2.24) is 0 Å². The van der Waals surface area contributed by atoms with E-state index >= 15 is 0 Å². The predicted octanol–water partition coefficient (Wildman–Crippen LogP) is 2.10. The van der Waals surface area contributed by atoms with E-state index in [1.807, 2.05) is 0 Å². The minimum Gasteiger partial charge on any atom is -0.478 e. The van der Waals surface area contributed by atoms with Crippen LogP contribution in [-0.2, 0) is 14.3 Å². The SMILES string of the molecule is CCOC(=O)CC1Oc2cc(Br)ccc2NC1=O. The molecule has 1 aliphatic heterocycles. The highest BCUT2D eigenvalue weighted by Gasteiger charge is 2.30. The monoisotopic (exact) mass is 313 g/mol. The summed E-state index contributed by atoms with van der Waals surface area (Å²) >= 11 is 3.32. The van der Waals surface area contributed by atoms with Crippen molar-refractivity contribution in [1.29, 1.82) is 0 Å². The molecular weight excluding hydrogens is 302 g/mol. The molecule has 0 saturated heterocycles. The van der Waals surface area contributed by atoms with Crippen LogP contribution >= 0.6 is 15.9 Å². The van der Waals surface area contributed by atoms with Gasteiger partial charge in [-0.05, 0) is 25.1 Å². The molecule has 0 bridgehead atoms. The van der Waals surface area contributed by atoms with Crippen LogP contribution in [0.15, 0.2) is 22.7 Å². The molecule has 1 amide bonds. The number of halogens is 1. The number of nitrogens with one attached hydrogen (secondary N) is 1. The van der Waals surface area contributed by atoms with E-state index in [2.05, 4.69) is 21.2 Å². The number of esters is 1. The van der Waals surface area contributed by atoms with E-state index < -0.39 is 12.1 Å². The number of fused-ring (bicyclic) bond motifs is 1. The van der Waals surface area contributed by atoms with E-state index in [-0.39, 0.29) is 18.9 Å². The highest BCUT2D eigenvalue weighted by atomic mass is 79.9. The average Bonchev–Trinajstić information content (AvgIpc) is 2.31. The van der Waals surface area contributed by atoms with Crippen molar-refractivity contribution in [3.63, 3.8) is 0 Å². The van der Waals surface area contributed by atoms with Gasteiger partial charge in [-0.1, -0.05) is 15.9 Å². The molecule has 1 heterocycles. The first kappa shape index (κ1) is 12.9. The van der Waals surface area contributed by atoms with Crippen LogP contribution in [0, 0.1) is 0 Å². The van der Waals surface area contributed by atoms with Gasteiger partial charge in [-0.3, -0.25) is 9.59 Å². The zero-order valence-electron chi connectivity index (χ0n) is 9.73. The quantitative estimate of drug-likeness (QED) is 0.868. The van der Waals surface area contributed by atoms with Gasteiger partial charge in [0.05, 0.1) is 18.7 Å². The van der Waals surface area contributed by atoms with Crippen molar-refractivity contribution >= 4 is 33.5 Å². The van der Waals surface area contributed by atoms with E-state index in [1.165, 1.54) is 0 Å². The topological polar surface area (TPSA) is 64.6 Å². The van der Waals surface area contributed by atoms with Gasteiger partial charge < -0.3 is 14.8 Å². The molecule has 0 saturated carbocycles. The summed E-state index contributed by atoms with van der Waals surface area (Å²) in [5.74, 6) is -0.243. The second-order valence-corrected chi connectivity index (χ2v) is 4.66. The summed E-state index contributed by atoms with van der Waals surface area (Å²) in [6.07, 6.45) is -0.933. The zero-order chi connectivity index (χ0) is 13.1. The third-order valence-electron chi connectivity index (χ3n) is 2.42. The third-order valence-corrected chi connectivity index (χ3v) is 2.91. The molecule has 18 heavy (non-hydrogen) atoms. The lowest BCUT2D eigenvalue weighted by Crippen LogP contribution is -2.38. The fraction of sp³-hybridized carbons (Fsp3) is 0.333. The van der Waals surface area contributed by atoms with Crippen LogP contribution in [0.25, 0.3) is 0 Å². The molecule has 96 valence electrons. The Labute approximate surface area is 113 Å². The summed E-state index contributed by atoms with van der Waals surface area (Å²) in [6.45, 7) is 2.00. The normalized spacial score (nSPS) is 17.4. The van der Waals surface area contributed by atoms with Gasteiger partial charge >= 0.3 is 5.97 Å². The van der Waals surface area contributed by atoms with Crippen LogP contribution in [0.3, 0.4) is 0 Å². The highest BCUT2D eigenvalue weighted by molar-refractivity contribution is 9.10. The molecule has 6 heteroatoms. The van der Waals surface area contributed by atoms with E-state index in [1.54, 1.807) is 25.1 Å². The van der Waals surface area contributed by atoms with Crippen molar-refractivity contribution in [3.05, 3.63) is 22.7 Å². The lowest BCUT2D eigenvalue weighted by molar-refractivity contribution is -0.147. The molecule has 0 aromatic heterocycles. The van der Waals surface area contributed by atoms with Gasteiger partial charge in [0, 0.05) is 4.47 Å².